The summed E-state index contributed by atoms with van der Waals surface area (Å²) in [6, 6.07) is 18.1. The zero-order chi connectivity index (χ0) is 17.6. The molecule has 0 saturated carbocycles. The predicted molar refractivity (Wildman–Crippen MR) is 91.2 cm³/mol. The van der Waals surface area contributed by atoms with Gasteiger partial charge in [-0.2, -0.15) is 0 Å². The molecule has 0 bridgehead atoms. The van der Waals surface area contributed by atoms with Gasteiger partial charge in [0.2, 0.25) is 0 Å². The highest BCUT2D eigenvalue weighted by Gasteiger charge is 1.95. The molecule has 6 nitrogen and oxygen atoms in total. The molecule has 0 spiro atoms. The summed E-state index contributed by atoms with van der Waals surface area (Å²) in [7, 11) is 0. The van der Waals surface area contributed by atoms with Gasteiger partial charge in [0.15, 0.2) is 0 Å². The Kier molecular flexibility index (Phi) is 8.84. The van der Waals surface area contributed by atoms with E-state index < -0.39 is 12.1 Å². The molecule has 0 unspecified atom stereocenters. The Morgan fingerprint density at radius 2 is 1.58 bits per heavy atom. The van der Waals surface area contributed by atoms with Crippen molar-refractivity contribution in [2.45, 2.75) is 0 Å². The number of rotatable bonds is 6. The maximum absolute atomic E-state index is 10.6. The van der Waals surface area contributed by atoms with Crippen LogP contribution in [0.2, 0.25) is 0 Å². The predicted octanol–water partition coefficient (Wildman–Crippen LogP) is 3.57. The largest absolute Gasteiger partial charge is 0.490 e. The van der Waals surface area contributed by atoms with E-state index in [2.05, 4.69) is 11.9 Å². The Morgan fingerprint density at radius 3 is 2.12 bits per heavy atom. The highest BCUT2D eigenvalue weighted by atomic mass is 16.6. The van der Waals surface area contributed by atoms with Crippen molar-refractivity contribution in [1.29, 1.82) is 0 Å². The summed E-state index contributed by atoms with van der Waals surface area (Å²) in [5, 5.41) is 10.5. The molecular formula is C18H19NO5. The maximum atomic E-state index is 10.6. The molecule has 0 heterocycles. The number of carboxylic acid groups (broad SMARTS) is 1. The molecule has 0 aliphatic heterocycles. The minimum atomic E-state index is -1.04. The van der Waals surface area contributed by atoms with Crippen molar-refractivity contribution in [3.8, 4) is 5.75 Å². The van der Waals surface area contributed by atoms with Crippen molar-refractivity contribution in [2.24, 2.45) is 0 Å². The fourth-order valence-corrected chi connectivity index (χ4v) is 1.52. The molecule has 2 rings (SSSR count). The van der Waals surface area contributed by atoms with Gasteiger partial charge < -0.3 is 14.6 Å². The summed E-state index contributed by atoms with van der Waals surface area (Å²) in [5.41, 5.74) is 0.593. The van der Waals surface area contributed by atoms with Gasteiger partial charge in [-0.25, -0.2) is 9.59 Å². The lowest BCUT2D eigenvalue weighted by molar-refractivity contribution is -0.138. The molecule has 126 valence electrons. The van der Waals surface area contributed by atoms with Gasteiger partial charge in [-0.15, -0.1) is 0 Å². The standard InChI is InChI=1S/C11H12O3.C7H7NO2/c1-2-11(12)14-9-8-13-10-6-4-3-5-7-10;9-7(10)8-6-4-2-1-3-5-6/h2-7H,1,8-9H2;1-5,8H,(H,9,10). The first-order chi connectivity index (χ1) is 11.6. The van der Waals surface area contributed by atoms with E-state index in [-0.39, 0.29) is 6.61 Å². The van der Waals surface area contributed by atoms with Gasteiger partial charge in [0, 0.05) is 11.8 Å². The van der Waals surface area contributed by atoms with E-state index in [9.17, 15) is 9.59 Å². The van der Waals surface area contributed by atoms with Crippen LogP contribution in [0.1, 0.15) is 0 Å². The minimum Gasteiger partial charge on any atom is -0.490 e. The Balaban J connectivity index is 0.000000254. The SMILES string of the molecule is C=CC(=O)OCCOc1ccccc1.O=C(O)Nc1ccccc1. The van der Waals surface area contributed by atoms with Crippen LogP contribution in [-0.2, 0) is 9.53 Å². The lowest BCUT2D eigenvalue weighted by Gasteiger charge is -2.05. The van der Waals surface area contributed by atoms with Gasteiger partial charge in [0.1, 0.15) is 19.0 Å². The molecule has 0 fully saturated rings. The number of ether oxygens (including phenoxy) is 2. The third kappa shape index (κ3) is 8.89. The van der Waals surface area contributed by atoms with Crippen LogP contribution in [0.25, 0.3) is 0 Å². The van der Waals surface area contributed by atoms with Crippen LogP contribution in [0.4, 0.5) is 10.5 Å². The van der Waals surface area contributed by atoms with Gasteiger partial charge in [-0.1, -0.05) is 43.0 Å². The number of para-hydroxylation sites is 2. The third-order valence-corrected chi connectivity index (χ3v) is 2.53. The van der Waals surface area contributed by atoms with E-state index in [1.165, 1.54) is 0 Å². The lowest BCUT2D eigenvalue weighted by atomic mass is 10.3. The number of esters is 1. The summed E-state index contributed by atoms with van der Waals surface area (Å²) in [4.78, 5) is 20.7. The first-order valence-electron chi connectivity index (χ1n) is 7.14. The smallest absolute Gasteiger partial charge is 0.409 e. The lowest BCUT2D eigenvalue weighted by Crippen LogP contribution is -2.09. The van der Waals surface area contributed by atoms with E-state index in [4.69, 9.17) is 14.6 Å². The zero-order valence-electron chi connectivity index (χ0n) is 13.1. The average Bonchev–Trinajstić information content (AvgIpc) is 2.60. The van der Waals surface area contributed by atoms with E-state index in [0.29, 0.717) is 12.3 Å². The molecule has 24 heavy (non-hydrogen) atoms. The topological polar surface area (TPSA) is 84.9 Å². The number of amides is 1. The monoisotopic (exact) mass is 329 g/mol. The number of carbonyl (C=O) groups excluding carboxylic acids is 1. The van der Waals surface area contributed by atoms with E-state index in [1.807, 2.05) is 36.4 Å². The summed E-state index contributed by atoms with van der Waals surface area (Å²) in [6.07, 6.45) is 0.0916. The first-order valence-corrected chi connectivity index (χ1v) is 7.14. The number of hydrogen-bond acceptors (Lipinski definition) is 4. The molecule has 2 aromatic carbocycles. The average molecular weight is 329 g/mol. The van der Waals surface area contributed by atoms with E-state index in [1.54, 1.807) is 24.3 Å². The van der Waals surface area contributed by atoms with E-state index >= 15 is 0 Å². The number of carbonyl (C=O) groups is 2. The van der Waals surface area contributed by atoms with Gasteiger partial charge in [-0.05, 0) is 24.3 Å². The maximum Gasteiger partial charge on any atom is 0.409 e. The molecule has 0 saturated heterocycles. The van der Waals surface area contributed by atoms with Crippen LogP contribution in [-0.4, -0.2) is 30.4 Å². The summed E-state index contributed by atoms with van der Waals surface area (Å²) in [5.74, 6) is 0.337. The van der Waals surface area contributed by atoms with Crippen molar-refractivity contribution in [2.75, 3.05) is 18.5 Å². The van der Waals surface area contributed by atoms with Crippen LogP contribution in [0.3, 0.4) is 0 Å². The van der Waals surface area contributed by atoms with Gasteiger partial charge in [0.05, 0.1) is 0 Å². The molecular weight excluding hydrogens is 310 g/mol. The summed E-state index contributed by atoms with van der Waals surface area (Å²) in [6.45, 7) is 3.87. The van der Waals surface area contributed by atoms with Crippen molar-refractivity contribution in [3.63, 3.8) is 0 Å². The number of benzene rings is 2. The van der Waals surface area contributed by atoms with Crippen molar-refractivity contribution in [3.05, 3.63) is 73.3 Å². The van der Waals surface area contributed by atoms with Crippen molar-refractivity contribution in [1.82, 2.24) is 0 Å². The molecule has 0 radical (unpaired) electrons. The Hall–Kier alpha value is -3.28. The quantitative estimate of drug-likeness (QED) is 0.481. The molecule has 1 amide bonds. The number of anilines is 1. The molecule has 0 aliphatic carbocycles. The fraction of sp³-hybridized carbons (Fsp3) is 0.111. The normalized spacial score (nSPS) is 9.00. The Morgan fingerprint density at radius 1 is 1.00 bits per heavy atom. The van der Waals surface area contributed by atoms with Crippen LogP contribution in [0, 0.1) is 0 Å². The van der Waals surface area contributed by atoms with Gasteiger partial charge in [0.25, 0.3) is 0 Å². The van der Waals surface area contributed by atoms with Crippen LogP contribution < -0.4 is 10.1 Å². The minimum absolute atomic E-state index is 0.236. The molecule has 2 N–H and O–H groups in total. The highest BCUT2D eigenvalue weighted by molar-refractivity contribution is 5.82. The highest BCUT2D eigenvalue weighted by Crippen LogP contribution is 2.07. The molecule has 0 atom stereocenters. The van der Waals surface area contributed by atoms with Gasteiger partial charge >= 0.3 is 12.1 Å². The second kappa shape index (κ2) is 11.3. The first kappa shape index (κ1) is 18.8. The third-order valence-electron chi connectivity index (χ3n) is 2.53. The Bertz CT molecular complexity index is 628. The summed E-state index contributed by atoms with van der Waals surface area (Å²) < 4.78 is 10.0. The summed E-state index contributed by atoms with van der Waals surface area (Å²) >= 11 is 0. The second-order valence-electron chi connectivity index (χ2n) is 4.33. The van der Waals surface area contributed by atoms with Gasteiger partial charge in [-0.3, -0.25) is 5.32 Å². The molecule has 0 aromatic heterocycles. The van der Waals surface area contributed by atoms with Crippen LogP contribution in [0.5, 0.6) is 5.75 Å². The van der Waals surface area contributed by atoms with E-state index in [0.717, 1.165) is 11.8 Å². The molecule has 6 heteroatoms. The Labute approximate surface area is 140 Å². The molecule has 0 aliphatic rings. The number of hydrogen-bond donors (Lipinski definition) is 2. The van der Waals surface area contributed by atoms with Crippen LogP contribution in [0.15, 0.2) is 73.3 Å². The van der Waals surface area contributed by atoms with Crippen molar-refractivity contribution < 1.29 is 24.2 Å². The number of nitrogens with one attached hydrogen (secondary N) is 1. The fourth-order valence-electron chi connectivity index (χ4n) is 1.52. The second-order valence-corrected chi connectivity index (χ2v) is 4.33. The van der Waals surface area contributed by atoms with Crippen LogP contribution >= 0.6 is 0 Å². The van der Waals surface area contributed by atoms with Crippen molar-refractivity contribution >= 4 is 17.7 Å². The molecule has 2 aromatic rings. The zero-order valence-corrected chi connectivity index (χ0v) is 13.1.